The van der Waals surface area contributed by atoms with Gasteiger partial charge in [-0.1, -0.05) is 27.5 Å². The second kappa shape index (κ2) is 5.36. The van der Waals surface area contributed by atoms with Gasteiger partial charge in [-0.05, 0) is 40.2 Å². The number of rotatable bonds is 2. The van der Waals surface area contributed by atoms with Crippen molar-refractivity contribution in [1.82, 2.24) is 0 Å². The predicted octanol–water partition coefficient (Wildman–Crippen LogP) is 5.11. The summed E-state index contributed by atoms with van der Waals surface area (Å²) < 4.78 is 15.3. The molecule has 0 aliphatic rings. The summed E-state index contributed by atoms with van der Waals surface area (Å²) in [7, 11) is 0. The van der Waals surface area contributed by atoms with Gasteiger partial charge >= 0.3 is 0 Å². The lowest BCUT2D eigenvalue weighted by atomic mass is 10.1. The van der Waals surface area contributed by atoms with Gasteiger partial charge in [0.2, 0.25) is 0 Å². The fourth-order valence-electron chi connectivity index (χ4n) is 1.42. The van der Waals surface area contributed by atoms with Gasteiger partial charge in [0.15, 0.2) is 0 Å². The second-order valence-corrected chi connectivity index (χ2v) is 7.14. The standard InChI is InChI=1S/C11H7Br2ClFNS/c12-5-1-2-8(15)6(3-5)10(16)9-4-7(14)11(13)17-9/h1-4,10H,16H2. The molecule has 1 atom stereocenters. The van der Waals surface area contributed by atoms with Crippen LogP contribution in [-0.2, 0) is 0 Å². The highest BCUT2D eigenvalue weighted by Gasteiger charge is 2.17. The zero-order valence-electron chi connectivity index (χ0n) is 8.38. The molecule has 0 amide bonds. The molecule has 1 heterocycles. The first-order valence-corrected chi connectivity index (χ1v) is 7.42. The number of hydrogen-bond acceptors (Lipinski definition) is 2. The number of hydrogen-bond donors (Lipinski definition) is 1. The molecule has 1 nitrogen and oxygen atoms in total. The Kier molecular flexibility index (Phi) is 4.26. The monoisotopic (exact) mass is 397 g/mol. The fraction of sp³-hybridized carbons (Fsp3) is 0.0909. The van der Waals surface area contributed by atoms with E-state index >= 15 is 0 Å². The van der Waals surface area contributed by atoms with Gasteiger partial charge in [0, 0.05) is 14.9 Å². The molecule has 1 aromatic carbocycles. The molecule has 0 aliphatic carbocycles. The van der Waals surface area contributed by atoms with Crippen LogP contribution in [0.15, 0.2) is 32.5 Å². The summed E-state index contributed by atoms with van der Waals surface area (Å²) in [6.45, 7) is 0. The number of nitrogens with two attached hydrogens (primary N) is 1. The topological polar surface area (TPSA) is 26.0 Å². The Labute approximate surface area is 124 Å². The van der Waals surface area contributed by atoms with Gasteiger partial charge in [-0.15, -0.1) is 11.3 Å². The quantitative estimate of drug-likeness (QED) is 0.746. The van der Waals surface area contributed by atoms with Crippen molar-refractivity contribution >= 4 is 54.8 Å². The van der Waals surface area contributed by atoms with E-state index < -0.39 is 6.04 Å². The van der Waals surface area contributed by atoms with E-state index in [1.807, 2.05) is 0 Å². The van der Waals surface area contributed by atoms with Crippen molar-refractivity contribution in [3.63, 3.8) is 0 Å². The smallest absolute Gasteiger partial charge is 0.128 e. The van der Waals surface area contributed by atoms with Crippen molar-refractivity contribution in [3.8, 4) is 0 Å². The highest BCUT2D eigenvalue weighted by atomic mass is 79.9. The second-order valence-electron chi connectivity index (χ2n) is 3.41. The predicted molar refractivity (Wildman–Crippen MR) is 77.2 cm³/mol. The minimum Gasteiger partial charge on any atom is -0.320 e. The van der Waals surface area contributed by atoms with Crippen LogP contribution in [0.3, 0.4) is 0 Å². The first kappa shape index (κ1) is 13.5. The maximum atomic E-state index is 13.7. The van der Waals surface area contributed by atoms with E-state index in [9.17, 15) is 4.39 Å². The molecule has 17 heavy (non-hydrogen) atoms. The van der Waals surface area contributed by atoms with E-state index in [-0.39, 0.29) is 5.82 Å². The van der Waals surface area contributed by atoms with Gasteiger partial charge in [0.1, 0.15) is 5.82 Å². The van der Waals surface area contributed by atoms with Crippen molar-refractivity contribution in [2.24, 2.45) is 5.73 Å². The molecule has 1 aromatic heterocycles. The van der Waals surface area contributed by atoms with Gasteiger partial charge in [-0.3, -0.25) is 0 Å². The number of halogens is 4. The summed E-state index contributed by atoms with van der Waals surface area (Å²) in [6.07, 6.45) is 0. The third-order valence-corrected chi connectivity index (χ3v) is 5.31. The van der Waals surface area contributed by atoms with Gasteiger partial charge in [-0.25, -0.2) is 4.39 Å². The van der Waals surface area contributed by atoms with Crippen LogP contribution in [0.4, 0.5) is 4.39 Å². The van der Waals surface area contributed by atoms with E-state index in [1.165, 1.54) is 17.4 Å². The van der Waals surface area contributed by atoms with Gasteiger partial charge in [0.25, 0.3) is 0 Å². The first-order chi connectivity index (χ1) is 7.99. The molecule has 0 bridgehead atoms. The molecule has 0 radical (unpaired) electrons. The Morgan fingerprint density at radius 2 is 2.00 bits per heavy atom. The van der Waals surface area contributed by atoms with E-state index in [0.717, 1.165) is 13.1 Å². The van der Waals surface area contributed by atoms with Crippen molar-refractivity contribution < 1.29 is 4.39 Å². The molecule has 1 unspecified atom stereocenters. The highest BCUT2D eigenvalue weighted by Crippen LogP contribution is 2.37. The van der Waals surface area contributed by atoms with Crippen LogP contribution in [0.25, 0.3) is 0 Å². The SMILES string of the molecule is NC(c1cc(Cl)c(Br)s1)c1cc(Br)ccc1F. The average Bonchev–Trinajstić information content (AvgIpc) is 2.62. The third-order valence-electron chi connectivity index (χ3n) is 2.26. The lowest BCUT2D eigenvalue weighted by Gasteiger charge is -2.11. The molecule has 0 fully saturated rings. The summed E-state index contributed by atoms with van der Waals surface area (Å²) in [5.41, 5.74) is 6.49. The Balaban J connectivity index is 2.42. The van der Waals surface area contributed by atoms with E-state index in [0.29, 0.717) is 10.6 Å². The Hall–Kier alpha value is 0.0600. The molecule has 2 aromatic rings. The molecule has 2 rings (SSSR count). The van der Waals surface area contributed by atoms with Crippen LogP contribution in [0.2, 0.25) is 5.02 Å². The Morgan fingerprint density at radius 1 is 1.29 bits per heavy atom. The lowest BCUT2D eigenvalue weighted by Crippen LogP contribution is -2.12. The van der Waals surface area contributed by atoms with Gasteiger partial charge < -0.3 is 5.73 Å². The molecular formula is C11H7Br2ClFNS. The maximum absolute atomic E-state index is 13.7. The first-order valence-electron chi connectivity index (χ1n) is 4.64. The van der Waals surface area contributed by atoms with Crippen LogP contribution >= 0.6 is 54.8 Å². The molecule has 2 N–H and O–H groups in total. The summed E-state index contributed by atoms with van der Waals surface area (Å²) >= 11 is 14.0. The summed E-state index contributed by atoms with van der Waals surface area (Å²) in [4.78, 5) is 0.818. The van der Waals surface area contributed by atoms with E-state index in [2.05, 4.69) is 31.9 Å². The molecule has 0 saturated heterocycles. The van der Waals surface area contributed by atoms with E-state index in [1.54, 1.807) is 18.2 Å². The number of benzene rings is 1. The molecule has 0 spiro atoms. The molecule has 0 saturated carbocycles. The number of thiophene rings is 1. The van der Waals surface area contributed by atoms with Crippen molar-refractivity contribution in [1.29, 1.82) is 0 Å². The minimum absolute atomic E-state index is 0.318. The summed E-state index contributed by atoms with van der Waals surface area (Å²) in [5, 5.41) is 0.593. The highest BCUT2D eigenvalue weighted by molar-refractivity contribution is 9.11. The fourth-order valence-corrected chi connectivity index (χ4v) is 3.57. The Morgan fingerprint density at radius 3 is 2.59 bits per heavy atom. The molecular weight excluding hydrogens is 392 g/mol. The maximum Gasteiger partial charge on any atom is 0.128 e. The van der Waals surface area contributed by atoms with Crippen molar-refractivity contribution in [3.05, 3.63) is 53.8 Å². The van der Waals surface area contributed by atoms with Crippen LogP contribution in [0, 0.1) is 5.82 Å². The average molecular weight is 400 g/mol. The van der Waals surface area contributed by atoms with Crippen molar-refractivity contribution in [2.75, 3.05) is 0 Å². The van der Waals surface area contributed by atoms with Crippen molar-refractivity contribution in [2.45, 2.75) is 6.04 Å². The van der Waals surface area contributed by atoms with Crippen LogP contribution < -0.4 is 5.73 Å². The normalized spacial score (nSPS) is 12.8. The van der Waals surface area contributed by atoms with Gasteiger partial charge in [0.05, 0.1) is 14.9 Å². The van der Waals surface area contributed by atoms with Crippen LogP contribution in [-0.4, -0.2) is 0 Å². The molecule has 0 aliphatic heterocycles. The zero-order chi connectivity index (χ0) is 12.6. The van der Waals surface area contributed by atoms with Crippen LogP contribution in [0.5, 0.6) is 0 Å². The Bertz CT molecular complexity index is 539. The third kappa shape index (κ3) is 2.90. The largest absolute Gasteiger partial charge is 0.320 e. The summed E-state index contributed by atoms with van der Waals surface area (Å²) in [6, 6.07) is 5.95. The molecule has 90 valence electrons. The zero-order valence-corrected chi connectivity index (χ0v) is 13.1. The molecule has 6 heteroatoms. The minimum atomic E-state index is -0.513. The van der Waals surface area contributed by atoms with Crippen LogP contribution in [0.1, 0.15) is 16.5 Å². The summed E-state index contributed by atoms with van der Waals surface area (Å²) in [5.74, 6) is -0.318. The lowest BCUT2D eigenvalue weighted by molar-refractivity contribution is 0.600. The van der Waals surface area contributed by atoms with E-state index in [4.69, 9.17) is 17.3 Å². The van der Waals surface area contributed by atoms with Gasteiger partial charge in [-0.2, -0.15) is 0 Å².